The fourth-order valence-electron chi connectivity index (χ4n) is 6.37. The van der Waals surface area contributed by atoms with Gasteiger partial charge in [-0.05, 0) is 42.5 Å². The van der Waals surface area contributed by atoms with Crippen LogP contribution in [0.1, 0.15) is 41.8 Å². The third-order valence-electron chi connectivity index (χ3n) is 8.55. The largest absolute Gasteiger partial charge is 0.389 e. The summed E-state index contributed by atoms with van der Waals surface area (Å²) < 4.78 is 2.71. The van der Waals surface area contributed by atoms with Crippen molar-refractivity contribution in [2.45, 2.75) is 43.1 Å². The first kappa shape index (κ1) is 25.2. The molecule has 0 saturated heterocycles. The molecule has 40 heavy (non-hydrogen) atoms. The van der Waals surface area contributed by atoms with Gasteiger partial charge in [0.15, 0.2) is 17.0 Å². The first-order valence-electron chi connectivity index (χ1n) is 13.3. The number of imidazole rings is 1. The Hall–Kier alpha value is -3.78. The summed E-state index contributed by atoms with van der Waals surface area (Å²) in [6, 6.07) is 17.7. The van der Waals surface area contributed by atoms with E-state index in [-0.39, 0.29) is 17.9 Å². The number of benzene rings is 2. The van der Waals surface area contributed by atoms with Crippen molar-refractivity contribution in [3.05, 3.63) is 82.3 Å². The van der Waals surface area contributed by atoms with Crippen LogP contribution in [0.3, 0.4) is 0 Å². The van der Waals surface area contributed by atoms with Crippen LogP contribution < -0.4 is 10.6 Å². The van der Waals surface area contributed by atoms with Crippen LogP contribution in [0.15, 0.2) is 65.4 Å². The van der Waals surface area contributed by atoms with Gasteiger partial charge in [-0.15, -0.1) is 0 Å². The van der Waals surface area contributed by atoms with E-state index in [1.807, 2.05) is 42.5 Å². The van der Waals surface area contributed by atoms with Gasteiger partial charge in [0, 0.05) is 35.0 Å². The molecule has 4 N–H and O–H groups in total. The van der Waals surface area contributed by atoms with Crippen molar-refractivity contribution in [1.82, 2.24) is 24.8 Å². The Labute approximate surface area is 239 Å². The summed E-state index contributed by atoms with van der Waals surface area (Å²) in [5.41, 5.74) is 2.15. The second-order valence-corrected chi connectivity index (χ2v) is 11.8. The molecule has 0 aliphatic heterocycles. The summed E-state index contributed by atoms with van der Waals surface area (Å²) in [5.74, 6) is 7.00. The minimum Gasteiger partial charge on any atom is -0.389 e. The number of rotatable bonds is 5. The monoisotopic (exact) mass is 598 g/mol. The molecule has 0 radical (unpaired) electrons. The van der Waals surface area contributed by atoms with E-state index in [0.717, 1.165) is 16.5 Å². The van der Waals surface area contributed by atoms with Gasteiger partial charge in [-0.3, -0.25) is 4.79 Å². The third kappa shape index (κ3) is 4.00. The minimum atomic E-state index is -1.17. The number of hydrogen-bond acceptors (Lipinski definition) is 7. The Kier molecular flexibility index (Phi) is 5.93. The lowest BCUT2D eigenvalue weighted by Crippen LogP contribution is -2.41. The molecule has 2 aromatic heterocycles. The van der Waals surface area contributed by atoms with Crippen LogP contribution in [0, 0.1) is 23.2 Å². The number of anilines is 1. The molecule has 3 aliphatic carbocycles. The van der Waals surface area contributed by atoms with Crippen molar-refractivity contribution in [2.75, 3.05) is 12.4 Å². The van der Waals surface area contributed by atoms with Crippen LogP contribution >= 0.6 is 15.9 Å². The van der Waals surface area contributed by atoms with Gasteiger partial charge in [-0.25, -0.2) is 15.0 Å². The number of nitrogens with zero attached hydrogens (tertiary/aromatic N) is 4. The fraction of sp³-hybridized carbons (Fsp3) is 0.333. The zero-order chi connectivity index (χ0) is 27.6. The van der Waals surface area contributed by atoms with Crippen molar-refractivity contribution in [1.29, 1.82) is 0 Å². The van der Waals surface area contributed by atoms with E-state index in [9.17, 15) is 15.0 Å². The maximum absolute atomic E-state index is 12.7. The van der Waals surface area contributed by atoms with Gasteiger partial charge >= 0.3 is 0 Å². The average molecular weight is 599 g/mol. The molecule has 3 unspecified atom stereocenters. The highest BCUT2D eigenvalue weighted by molar-refractivity contribution is 9.10. The van der Waals surface area contributed by atoms with Crippen LogP contribution in [-0.4, -0.2) is 60.9 Å². The SMILES string of the molecule is CNC(=O)C12CC1[C@@H](n1cnc3c(N[C@@H]4CC4c4ccccc4)nc(C#Cc4cccc(Br)c4)nc31)[C@H](O)[C@@H]2O. The number of amides is 1. The first-order chi connectivity index (χ1) is 19.4. The van der Waals surface area contributed by atoms with Gasteiger partial charge in [0.1, 0.15) is 6.10 Å². The lowest BCUT2D eigenvalue weighted by atomic mass is 9.98. The number of fused-ring (bicyclic) bond motifs is 2. The summed E-state index contributed by atoms with van der Waals surface area (Å²) in [7, 11) is 1.55. The fourth-order valence-corrected chi connectivity index (χ4v) is 6.77. The summed E-state index contributed by atoms with van der Waals surface area (Å²) in [6.07, 6.45) is 0.771. The van der Waals surface area contributed by atoms with E-state index in [1.54, 1.807) is 17.9 Å². The lowest BCUT2D eigenvalue weighted by Gasteiger charge is -2.23. The molecule has 3 saturated carbocycles. The molecule has 3 fully saturated rings. The van der Waals surface area contributed by atoms with Gasteiger partial charge in [-0.1, -0.05) is 58.2 Å². The van der Waals surface area contributed by atoms with Gasteiger partial charge in [0.05, 0.1) is 23.9 Å². The lowest BCUT2D eigenvalue weighted by molar-refractivity contribution is -0.132. The second-order valence-electron chi connectivity index (χ2n) is 10.8. The van der Waals surface area contributed by atoms with Gasteiger partial charge in [0.25, 0.3) is 0 Å². The van der Waals surface area contributed by atoms with Gasteiger partial charge in [-0.2, -0.15) is 0 Å². The quantitative estimate of drug-likeness (QED) is 0.260. The molecule has 202 valence electrons. The molecular weight excluding hydrogens is 572 g/mol. The van der Waals surface area contributed by atoms with E-state index >= 15 is 0 Å². The summed E-state index contributed by atoms with van der Waals surface area (Å²) in [6.45, 7) is 0. The van der Waals surface area contributed by atoms with E-state index in [0.29, 0.717) is 35.1 Å². The molecule has 1 amide bonds. The number of hydrogen-bond donors (Lipinski definition) is 4. The van der Waals surface area contributed by atoms with Gasteiger partial charge < -0.3 is 25.4 Å². The molecule has 0 spiro atoms. The molecule has 9 nitrogen and oxygen atoms in total. The molecule has 10 heteroatoms. The van der Waals surface area contributed by atoms with Crippen LogP contribution in [0.25, 0.3) is 11.2 Å². The molecule has 4 aromatic rings. The number of aromatic nitrogens is 4. The van der Waals surface area contributed by atoms with Crippen molar-refractivity contribution in [3.8, 4) is 11.8 Å². The van der Waals surface area contributed by atoms with Crippen molar-refractivity contribution >= 4 is 38.8 Å². The molecule has 0 bridgehead atoms. The van der Waals surface area contributed by atoms with E-state index < -0.39 is 23.7 Å². The molecule has 2 heterocycles. The maximum Gasteiger partial charge on any atom is 0.229 e. The zero-order valence-electron chi connectivity index (χ0n) is 21.6. The molecule has 2 aromatic carbocycles. The number of halogens is 1. The Bertz CT molecular complexity index is 1700. The average Bonchev–Trinajstić information content (AvgIpc) is 3.85. The van der Waals surface area contributed by atoms with Crippen molar-refractivity contribution in [2.24, 2.45) is 11.3 Å². The third-order valence-corrected chi connectivity index (χ3v) is 9.04. The normalized spacial score (nSPS) is 29.8. The number of carbonyl (C=O) groups is 1. The van der Waals surface area contributed by atoms with Crippen LogP contribution in [-0.2, 0) is 4.79 Å². The summed E-state index contributed by atoms with van der Waals surface area (Å²) in [5, 5.41) is 28.2. The first-order valence-corrected chi connectivity index (χ1v) is 14.1. The predicted molar refractivity (Wildman–Crippen MR) is 152 cm³/mol. The number of aliphatic hydroxyl groups excluding tert-OH is 2. The molecule has 3 aliphatic rings. The predicted octanol–water partition coefficient (Wildman–Crippen LogP) is 2.99. The Morgan fingerprint density at radius 1 is 1.12 bits per heavy atom. The van der Waals surface area contributed by atoms with Gasteiger partial charge in [0.2, 0.25) is 11.7 Å². The Morgan fingerprint density at radius 2 is 1.95 bits per heavy atom. The minimum absolute atomic E-state index is 0.194. The van der Waals surface area contributed by atoms with Crippen molar-refractivity contribution in [3.63, 3.8) is 0 Å². The summed E-state index contributed by atoms with van der Waals surface area (Å²) in [4.78, 5) is 26.8. The van der Waals surface area contributed by atoms with Crippen LogP contribution in [0.4, 0.5) is 5.82 Å². The van der Waals surface area contributed by atoms with Crippen LogP contribution in [0.5, 0.6) is 0 Å². The van der Waals surface area contributed by atoms with E-state index in [2.05, 4.69) is 55.5 Å². The molecule has 7 rings (SSSR count). The summed E-state index contributed by atoms with van der Waals surface area (Å²) >= 11 is 3.48. The topological polar surface area (TPSA) is 125 Å². The highest BCUT2D eigenvalue weighted by atomic mass is 79.9. The Morgan fingerprint density at radius 3 is 2.73 bits per heavy atom. The standard InChI is InChI=1S/C30H27BrN6O3/c1-32-29(40)30-14-20(30)24(25(38)26(30)39)37-15-33-23-27(34-21-13-19(21)17-7-3-2-4-8-17)35-22(36-28(23)37)11-10-16-6-5-9-18(31)12-16/h2-9,12,15,19-21,24-26,38-39H,13-14H2,1H3,(H,32,40)(H,34,35,36)/t19?,20?,21-,24-,25+,26+,30?/m1/s1. The smallest absolute Gasteiger partial charge is 0.229 e. The number of carbonyl (C=O) groups excluding carboxylic acids is 1. The van der Waals surface area contributed by atoms with E-state index in [4.69, 9.17) is 9.97 Å². The zero-order valence-corrected chi connectivity index (χ0v) is 23.2. The highest BCUT2D eigenvalue weighted by Crippen LogP contribution is 2.67. The Balaban J connectivity index is 1.28. The second kappa shape index (κ2) is 9.41. The van der Waals surface area contributed by atoms with E-state index in [1.165, 1.54) is 5.56 Å². The molecule has 7 atom stereocenters. The van der Waals surface area contributed by atoms with Crippen LogP contribution in [0.2, 0.25) is 0 Å². The maximum atomic E-state index is 12.7. The molecular formula is C30H27BrN6O3. The number of aliphatic hydroxyl groups is 2. The van der Waals surface area contributed by atoms with Crippen molar-refractivity contribution < 1.29 is 15.0 Å². The number of nitrogens with one attached hydrogen (secondary N) is 2. The highest BCUT2D eigenvalue weighted by Gasteiger charge is 2.75.